The van der Waals surface area contributed by atoms with Gasteiger partial charge in [-0.25, -0.2) is 4.79 Å². The fourth-order valence-corrected chi connectivity index (χ4v) is 1.55. The summed E-state index contributed by atoms with van der Waals surface area (Å²) in [5.74, 6) is -0.936. The van der Waals surface area contributed by atoms with E-state index in [-0.39, 0.29) is 18.2 Å². The van der Waals surface area contributed by atoms with Crippen molar-refractivity contribution in [3.8, 4) is 0 Å². The molecule has 0 radical (unpaired) electrons. The van der Waals surface area contributed by atoms with Crippen LogP contribution >= 0.6 is 12.4 Å². The quantitative estimate of drug-likeness (QED) is 0.670. The molecule has 0 aliphatic carbocycles. The number of carbonyl (C=O) groups excluding carboxylic acids is 1. The first-order chi connectivity index (χ1) is 10.1. The van der Waals surface area contributed by atoms with Crippen LogP contribution in [-0.4, -0.2) is 16.9 Å². The molecule has 0 saturated heterocycles. The zero-order chi connectivity index (χ0) is 15.7. The number of rotatable bonds is 4. The van der Waals surface area contributed by atoms with E-state index in [1.165, 1.54) is 0 Å². The average Bonchev–Trinajstić information content (AvgIpc) is 2.55. The van der Waals surface area contributed by atoms with Gasteiger partial charge in [0.15, 0.2) is 5.78 Å². The first kappa shape index (κ1) is 19.6. The lowest BCUT2D eigenvalue weighted by Crippen LogP contribution is -2.02. The number of nitrogens with two attached hydrogens (primary N) is 1. The Balaban J connectivity index is 0.000000644. The molecule has 0 fully saturated rings. The highest BCUT2D eigenvalue weighted by Gasteiger charge is 2.07. The first-order valence-electron chi connectivity index (χ1n) is 6.32. The third-order valence-corrected chi connectivity index (χ3v) is 2.66. The van der Waals surface area contributed by atoms with Gasteiger partial charge in [-0.15, -0.1) is 12.4 Å². The second-order valence-corrected chi connectivity index (χ2v) is 4.14. The van der Waals surface area contributed by atoms with E-state index in [0.717, 1.165) is 11.6 Å². The van der Waals surface area contributed by atoms with Gasteiger partial charge in [0.2, 0.25) is 0 Å². The summed E-state index contributed by atoms with van der Waals surface area (Å²) >= 11 is 0. The highest BCUT2D eigenvalue weighted by atomic mass is 35.5. The number of halogens is 1. The zero-order valence-corrected chi connectivity index (χ0v) is 12.8. The molecule has 0 aliphatic rings. The van der Waals surface area contributed by atoms with Crippen LogP contribution in [0.3, 0.4) is 0 Å². The SMILES string of the molecule is C=CC(=O)O.Cl.NCc1ccc(C(=O)c2ccccc2)cc1. The van der Waals surface area contributed by atoms with Crippen LogP contribution in [-0.2, 0) is 11.3 Å². The Labute approximate surface area is 135 Å². The molecule has 3 N–H and O–H groups in total. The zero-order valence-electron chi connectivity index (χ0n) is 11.9. The minimum Gasteiger partial charge on any atom is -0.478 e. The third-order valence-electron chi connectivity index (χ3n) is 2.66. The van der Waals surface area contributed by atoms with E-state index in [2.05, 4.69) is 6.58 Å². The van der Waals surface area contributed by atoms with Crippen LogP contribution in [0.15, 0.2) is 67.3 Å². The summed E-state index contributed by atoms with van der Waals surface area (Å²) in [4.78, 5) is 21.3. The van der Waals surface area contributed by atoms with Gasteiger partial charge in [-0.1, -0.05) is 61.2 Å². The molecular weight excluding hydrogens is 302 g/mol. The summed E-state index contributed by atoms with van der Waals surface area (Å²) in [6.45, 7) is 3.46. The number of carboxylic acids is 1. The van der Waals surface area contributed by atoms with Crippen LogP contribution < -0.4 is 5.73 Å². The second kappa shape index (κ2) is 10.3. The van der Waals surface area contributed by atoms with Gasteiger partial charge >= 0.3 is 5.97 Å². The van der Waals surface area contributed by atoms with Crippen molar-refractivity contribution < 1.29 is 14.7 Å². The maximum absolute atomic E-state index is 12.0. The van der Waals surface area contributed by atoms with Crippen LogP contribution in [0, 0.1) is 0 Å². The van der Waals surface area contributed by atoms with Gasteiger partial charge in [-0.2, -0.15) is 0 Å². The van der Waals surface area contributed by atoms with Crippen molar-refractivity contribution in [1.29, 1.82) is 0 Å². The van der Waals surface area contributed by atoms with E-state index in [0.29, 0.717) is 17.7 Å². The molecule has 2 aromatic rings. The molecule has 0 spiro atoms. The van der Waals surface area contributed by atoms with Crippen LogP contribution in [0.1, 0.15) is 21.5 Å². The Morgan fingerprint density at radius 1 is 1.00 bits per heavy atom. The number of hydrogen-bond acceptors (Lipinski definition) is 3. The normalized spacial score (nSPS) is 8.77. The van der Waals surface area contributed by atoms with E-state index in [4.69, 9.17) is 10.8 Å². The molecule has 116 valence electrons. The molecule has 2 aromatic carbocycles. The number of benzene rings is 2. The number of aliphatic carboxylic acids is 1. The van der Waals surface area contributed by atoms with Crippen molar-refractivity contribution in [3.05, 3.63) is 83.9 Å². The largest absolute Gasteiger partial charge is 0.478 e. The highest BCUT2D eigenvalue weighted by molar-refractivity contribution is 6.08. The van der Waals surface area contributed by atoms with E-state index < -0.39 is 5.97 Å². The molecule has 0 unspecified atom stereocenters. The number of hydrogen-bond donors (Lipinski definition) is 2. The molecule has 2 rings (SSSR count). The standard InChI is InChI=1S/C14H13NO.C3H4O2.ClH/c15-10-11-6-8-13(9-7-11)14(16)12-4-2-1-3-5-12;1-2-3(4)5;/h1-9H,10,15H2;2H,1H2,(H,4,5);1H. The van der Waals surface area contributed by atoms with Crippen molar-refractivity contribution in [2.45, 2.75) is 6.54 Å². The van der Waals surface area contributed by atoms with Gasteiger partial charge in [-0.3, -0.25) is 4.79 Å². The molecular formula is C17H18ClNO3. The van der Waals surface area contributed by atoms with Gasteiger partial charge in [-0.05, 0) is 5.56 Å². The molecule has 0 aromatic heterocycles. The average molecular weight is 320 g/mol. The maximum atomic E-state index is 12.0. The topological polar surface area (TPSA) is 80.4 Å². The van der Waals surface area contributed by atoms with Gasteiger partial charge in [0.05, 0.1) is 0 Å². The Morgan fingerprint density at radius 2 is 1.45 bits per heavy atom. The van der Waals surface area contributed by atoms with Crippen LogP contribution in [0.2, 0.25) is 0 Å². The van der Waals surface area contributed by atoms with Crippen molar-refractivity contribution in [2.24, 2.45) is 5.73 Å². The molecule has 0 bridgehead atoms. The molecule has 0 aliphatic heterocycles. The molecule has 0 amide bonds. The van der Waals surface area contributed by atoms with E-state index in [1.54, 1.807) is 0 Å². The Morgan fingerprint density at radius 3 is 1.86 bits per heavy atom. The summed E-state index contributed by atoms with van der Waals surface area (Å²) in [6, 6.07) is 16.7. The monoisotopic (exact) mass is 319 g/mol. The van der Waals surface area contributed by atoms with Crippen molar-refractivity contribution in [2.75, 3.05) is 0 Å². The summed E-state index contributed by atoms with van der Waals surface area (Å²) < 4.78 is 0. The summed E-state index contributed by atoms with van der Waals surface area (Å²) in [5, 5.41) is 7.60. The lowest BCUT2D eigenvalue weighted by Gasteiger charge is -2.02. The van der Waals surface area contributed by atoms with E-state index in [9.17, 15) is 9.59 Å². The van der Waals surface area contributed by atoms with Crippen molar-refractivity contribution in [1.82, 2.24) is 0 Å². The Bertz CT molecular complexity index is 610. The van der Waals surface area contributed by atoms with Crippen molar-refractivity contribution in [3.63, 3.8) is 0 Å². The minimum atomic E-state index is -0.981. The van der Waals surface area contributed by atoms with Gasteiger partial charge in [0.25, 0.3) is 0 Å². The minimum absolute atomic E-state index is 0. The van der Waals surface area contributed by atoms with Crippen LogP contribution in [0.4, 0.5) is 0 Å². The summed E-state index contributed by atoms with van der Waals surface area (Å²) in [5.41, 5.74) is 7.94. The number of ketones is 1. The number of carbonyl (C=O) groups is 2. The van der Waals surface area contributed by atoms with E-state index >= 15 is 0 Å². The van der Waals surface area contributed by atoms with Crippen LogP contribution in [0.25, 0.3) is 0 Å². The Hall–Kier alpha value is -2.43. The second-order valence-electron chi connectivity index (χ2n) is 4.14. The number of carboxylic acid groups (broad SMARTS) is 1. The predicted octanol–water partition coefficient (Wildman–Crippen LogP) is 3.06. The molecule has 0 heterocycles. The lowest BCUT2D eigenvalue weighted by atomic mass is 10.0. The molecule has 5 heteroatoms. The smallest absolute Gasteiger partial charge is 0.327 e. The lowest BCUT2D eigenvalue weighted by molar-refractivity contribution is -0.131. The van der Waals surface area contributed by atoms with Crippen LogP contribution in [0.5, 0.6) is 0 Å². The highest BCUT2D eigenvalue weighted by Crippen LogP contribution is 2.10. The fraction of sp³-hybridized carbons (Fsp3) is 0.0588. The third kappa shape index (κ3) is 6.35. The molecule has 0 saturated carbocycles. The molecule has 0 atom stereocenters. The van der Waals surface area contributed by atoms with Crippen molar-refractivity contribution >= 4 is 24.2 Å². The van der Waals surface area contributed by atoms with Gasteiger partial charge < -0.3 is 10.8 Å². The van der Waals surface area contributed by atoms with E-state index in [1.807, 2.05) is 54.6 Å². The maximum Gasteiger partial charge on any atom is 0.327 e. The molecule has 22 heavy (non-hydrogen) atoms. The fourth-order valence-electron chi connectivity index (χ4n) is 1.55. The summed E-state index contributed by atoms with van der Waals surface area (Å²) in [6.07, 6.45) is 0.833. The van der Waals surface area contributed by atoms with Gasteiger partial charge in [0, 0.05) is 23.7 Å². The summed E-state index contributed by atoms with van der Waals surface area (Å²) in [7, 11) is 0. The Kier molecular flexibility index (Phi) is 9.18. The van der Waals surface area contributed by atoms with Gasteiger partial charge in [0.1, 0.15) is 0 Å². The first-order valence-corrected chi connectivity index (χ1v) is 6.32. The predicted molar refractivity (Wildman–Crippen MR) is 89.3 cm³/mol. The molecule has 4 nitrogen and oxygen atoms in total.